The number of nitrogens with zero attached hydrogens (tertiary/aromatic N) is 4. The summed E-state index contributed by atoms with van der Waals surface area (Å²) in [6.45, 7) is 5.17. The van der Waals surface area contributed by atoms with E-state index in [4.69, 9.17) is 0 Å². The third-order valence-corrected chi connectivity index (χ3v) is 5.09. The van der Waals surface area contributed by atoms with Gasteiger partial charge in [-0.05, 0) is 45.6 Å². The summed E-state index contributed by atoms with van der Waals surface area (Å²) >= 11 is 0. The zero-order chi connectivity index (χ0) is 17.6. The molecule has 4 rings (SSSR count). The Morgan fingerprint density at radius 3 is 2.56 bits per heavy atom. The minimum absolute atomic E-state index is 0.0283. The maximum Gasteiger partial charge on any atom is 0.259 e. The average Bonchev–Trinajstić information content (AvgIpc) is 3.35. The predicted molar refractivity (Wildman–Crippen MR) is 92.3 cm³/mol. The topological polar surface area (TPSA) is 79.6 Å². The molecule has 1 aliphatic carbocycles. The summed E-state index contributed by atoms with van der Waals surface area (Å²) in [4.78, 5) is 31.1. The molecule has 0 spiro atoms. The fraction of sp³-hybridized carbons (Fsp3) is 0.556. The lowest BCUT2D eigenvalue weighted by atomic mass is 10.0. The Hall–Kier alpha value is -2.44. The van der Waals surface area contributed by atoms with Crippen LogP contribution in [0.5, 0.6) is 0 Å². The van der Waals surface area contributed by atoms with Crippen molar-refractivity contribution in [3.8, 4) is 0 Å². The van der Waals surface area contributed by atoms with Crippen molar-refractivity contribution in [3.05, 3.63) is 29.2 Å². The lowest BCUT2D eigenvalue weighted by molar-refractivity contribution is -0.123. The summed E-state index contributed by atoms with van der Waals surface area (Å²) in [5.41, 5.74) is 3.00. The van der Waals surface area contributed by atoms with Crippen LogP contribution >= 0.6 is 0 Å². The number of carbonyl (C=O) groups is 2. The van der Waals surface area contributed by atoms with E-state index < -0.39 is 0 Å². The van der Waals surface area contributed by atoms with Gasteiger partial charge in [0, 0.05) is 36.4 Å². The highest BCUT2D eigenvalue weighted by Crippen LogP contribution is 2.29. The first-order valence-electron chi connectivity index (χ1n) is 8.94. The van der Waals surface area contributed by atoms with Crippen LogP contribution in [0.1, 0.15) is 47.4 Å². The van der Waals surface area contributed by atoms with Crippen molar-refractivity contribution in [1.29, 1.82) is 0 Å². The lowest BCUT2D eigenvalue weighted by Crippen LogP contribution is -2.46. The van der Waals surface area contributed by atoms with Gasteiger partial charge in [-0.3, -0.25) is 9.59 Å². The fourth-order valence-electron chi connectivity index (χ4n) is 3.48. The highest BCUT2D eigenvalue weighted by Gasteiger charge is 2.32. The normalized spacial score (nSPS) is 18.6. The number of aryl methyl sites for hydroxylation is 2. The van der Waals surface area contributed by atoms with Gasteiger partial charge in [-0.2, -0.15) is 5.10 Å². The van der Waals surface area contributed by atoms with Crippen molar-refractivity contribution in [2.45, 2.75) is 45.6 Å². The van der Waals surface area contributed by atoms with E-state index in [1.807, 2.05) is 24.8 Å². The zero-order valence-corrected chi connectivity index (χ0v) is 14.7. The number of rotatable bonds is 3. The molecule has 7 nitrogen and oxygen atoms in total. The number of aromatic nitrogens is 3. The molecule has 1 N–H and O–H groups in total. The Labute approximate surface area is 146 Å². The van der Waals surface area contributed by atoms with Crippen molar-refractivity contribution in [2.24, 2.45) is 5.92 Å². The summed E-state index contributed by atoms with van der Waals surface area (Å²) in [7, 11) is 0. The quantitative estimate of drug-likeness (QED) is 0.917. The Morgan fingerprint density at radius 1 is 1.16 bits per heavy atom. The second-order valence-electron chi connectivity index (χ2n) is 7.18. The molecule has 25 heavy (non-hydrogen) atoms. The van der Waals surface area contributed by atoms with Gasteiger partial charge >= 0.3 is 0 Å². The van der Waals surface area contributed by atoms with Crippen LogP contribution in [0, 0.1) is 19.8 Å². The molecule has 0 atom stereocenters. The van der Waals surface area contributed by atoms with Crippen molar-refractivity contribution in [2.75, 3.05) is 13.1 Å². The monoisotopic (exact) mass is 341 g/mol. The van der Waals surface area contributed by atoms with Gasteiger partial charge in [0.05, 0.1) is 6.20 Å². The van der Waals surface area contributed by atoms with Gasteiger partial charge in [0.2, 0.25) is 5.91 Å². The molecule has 2 amide bonds. The number of likely N-dealkylation sites (tertiary alicyclic amines) is 1. The SMILES string of the molecule is Cc1cc(C)n2ncc(C(=O)N3CCC(NC(=O)C4CC4)CC3)c2n1. The van der Waals surface area contributed by atoms with Crippen LogP contribution in [0.2, 0.25) is 0 Å². The van der Waals surface area contributed by atoms with Gasteiger partial charge in [-0.15, -0.1) is 0 Å². The van der Waals surface area contributed by atoms with E-state index in [2.05, 4.69) is 15.4 Å². The van der Waals surface area contributed by atoms with E-state index in [0.717, 1.165) is 37.1 Å². The number of fused-ring (bicyclic) bond motifs is 1. The maximum atomic E-state index is 12.9. The van der Waals surface area contributed by atoms with Gasteiger partial charge < -0.3 is 10.2 Å². The van der Waals surface area contributed by atoms with Crippen LogP contribution in [0.15, 0.2) is 12.3 Å². The second kappa shape index (κ2) is 6.13. The first-order chi connectivity index (χ1) is 12.0. The smallest absolute Gasteiger partial charge is 0.259 e. The Balaban J connectivity index is 1.44. The molecule has 7 heteroatoms. The van der Waals surface area contributed by atoms with E-state index in [0.29, 0.717) is 24.3 Å². The van der Waals surface area contributed by atoms with E-state index in [-0.39, 0.29) is 23.8 Å². The molecule has 1 saturated carbocycles. The molecule has 0 unspecified atom stereocenters. The molecular formula is C18H23N5O2. The summed E-state index contributed by atoms with van der Waals surface area (Å²) < 4.78 is 1.71. The molecule has 0 radical (unpaired) electrons. The van der Waals surface area contributed by atoms with E-state index in [1.54, 1.807) is 10.7 Å². The summed E-state index contributed by atoms with van der Waals surface area (Å²) in [6.07, 6.45) is 5.25. The molecule has 1 saturated heterocycles. The molecule has 2 aromatic rings. The van der Waals surface area contributed by atoms with Crippen molar-refractivity contribution in [3.63, 3.8) is 0 Å². The molecule has 2 fully saturated rings. The Kier molecular flexibility index (Phi) is 3.94. The van der Waals surface area contributed by atoms with E-state index in [1.165, 1.54) is 0 Å². The summed E-state index contributed by atoms with van der Waals surface area (Å²) in [6, 6.07) is 2.13. The number of amides is 2. The molecule has 2 aromatic heterocycles. The van der Waals surface area contributed by atoms with E-state index in [9.17, 15) is 9.59 Å². The van der Waals surface area contributed by atoms with Crippen LogP contribution in [0.3, 0.4) is 0 Å². The number of piperidine rings is 1. The third-order valence-electron chi connectivity index (χ3n) is 5.09. The van der Waals surface area contributed by atoms with Gasteiger partial charge in [-0.1, -0.05) is 0 Å². The van der Waals surface area contributed by atoms with Crippen molar-refractivity contribution in [1.82, 2.24) is 24.8 Å². The molecule has 3 heterocycles. The van der Waals surface area contributed by atoms with Gasteiger partial charge in [-0.25, -0.2) is 9.50 Å². The van der Waals surface area contributed by atoms with Crippen LogP contribution in [-0.2, 0) is 4.79 Å². The van der Waals surface area contributed by atoms with Gasteiger partial charge in [0.25, 0.3) is 5.91 Å². The Morgan fingerprint density at radius 2 is 1.88 bits per heavy atom. The minimum atomic E-state index is -0.0283. The molecule has 0 bridgehead atoms. The molecule has 132 valence electrons. The number of hydrogen-bond acceptors (Lipinski definition) is 4. The predicted octanol–water partition coefficient (Wildman–Crippen LogP) is 1.48. The third kappa shape index (κ3) is 3.10. The summed E-state index contributed by atoms with van der Waals surface area (Å²) in [5, 5.41) is 7.42. The zero-order valence-electron chi connectivity index (χ0n) is 14.7. The van der Waals surface area contributed by atoms with E-state index >= 15 is 0 Å². The largest absolute Gasteiger partial charge is 0.353 e. The maximum absolute atomic E-state index is 12.9. The van der Waals surface area contributed by atoms with Crippen LogP contribution in [0.4, 0.5) is 0 Å². The molecule has 0 aromatic carbocycles. The van der Waals surface area contributed by atoms with Crippen LogP contribution < -0.4 is 5.32 Å². The summed E-state index contributed by atoms with van der Waals surface area (Å²) in [5.74, 6) is 0.387. The van der Waals surface area contributed by atoms with Gasteiger partial charge in [0.15, 0.2) is 5.65 Å². The van der Waals surface area contributed by atoms with Crippen LogP contribution in [0.25, 0.3) is 5.65 Å². The number of nitrogens with one attached hydrogen (secondary N) is 1. The number of carbonyl (C=O) groups excluding carboxylic acids is 2. The first kappa shape index (κ1) is 16.1. The van der Waals surface area contributed by atoms with Crippen LogP contribution in [-0.4, -0.2) is 50.4 Å². The van der Waals surface area contributed by atoms with Gasteiger partial charge in [0.1, 0.15) is 5.56 Å². The molecule has 2 aliphatic rings. The lowest BCUT2D eigenvalue weighted by Gasteiger charge is -2.32. The minimum Gasteiger partial charge on any atom is -0.353 e. The molecular weight excluding hydrogens is 318 g/mol. The second-order valence-corrected chi connectivity index (χ2v) is 7.18. The highest BCUT2D eigenvalue weighted by atomic mass is 16.2. The molecule has 1 aliphatic heterocycles. The number of hydrogen-bond donors (Lipinski definition) is 1. The Bertz CT molecular complexity index is 831. The highest BCUT2D eigenvalue weighted by molar-refractivity contribution is 5.99. The first-order valence-corrected chi connectivity index (χ1v) is 8.94. The van der Waals surface area contributed by atoms with Crippen molar-refractivity contribution >= 4 is 17.5 Å². The fourth-order valence-corrected chi connectivity index (χ4v) is 3.48. The van der Waals surface area contributed by atoms with Crippen molar-refractivity contribution < 1.29 is 9.59 Å². The standard InChI is InChI=1S/C18H23N5O2/c1-11-9-12(2)23-16(20-11)15(10-19-23)18(25)22-7-5-14(6-8-22)21-17(24)13-3-4-13/h9-10,13-14H,3-8H2,1-2H3,(H,21,24). The average molecular weight is 341 g/mol.